The van der Waals surface area contributed by atoms with E-state index in [-0.39, 0.29) is 0 Å². The van der Waals surface area contributed by atoms with Gasteiger partial charge in [-0.05, 0) is 38.0 Å². The normalized spacial score (nSPS) is 19.5. The lowest BCUT2D eigenvalue weighted by atomic mass is 9.94. The number of hydrogen-bond donors (Lipinski definition) is 3. The molecule has 2 heterocycles. The number of fused-ring (bicyclic) bond motifs is 1. The summed E-state index contributed by atoms with van der Waals surface area (Å²) in [4.78, 5) is 10.3. The van der Waals surface area contributed by atoms with Crippen LogP contribution in [0.2, 0.25) is 0 Å². The number of aromatic nitrogens is 2. The summed E-state index contributed by atoms with van der Waals surface area (Å²) >= 11 is 0. The van der Waals surface area contributed by atoms with Crippen LogP contribution in [0, 0.1) is 0 Å². The first-order chi connectivity index (χ1) is 9.52. The Balaban J connectivity index is 1.60. The van der Waals surface area contributed by atoms with Gasteiger partial charge in [0.05, 0.1) is 16.6 Å². The number of piperidine rings is 1. The van der Waals surface area contributed by atoms with Crippen LogP contribution in [-0.4, -0.2) is 45.2 Å². The lowest BCUT2D eigenvalue weighted by Crippen LogP contribution is -2.43. The van der Waals surface area contributed by atoms with Crippen LogP contribution in [0.25, 0.3) is 11.0 Å². The minimum absolute atomic E-state index is 0.479. The third-order valence-electron chi connectivity index (χ3n) is 4.15. The largest absolute Gasteiger partial charge is 0.399 e. The Morgan fingerprint density at radius 2 is 2.15 bits per heavy atom. The number of aromatic amines is 1. The zero-order valence-electron chi connectivity index (χ0n) is 11.9. The first-order valence-corrected chi connectivity index (χ1v) is 7.21. The number of likely N-dealkylation sites (tertiary alicyclic amines) is 1. The van der Waals surface area contributed by atoms with Gasteiger partial charge in [0, 0.05) is 31.7 Å². The summed E-state index contributed by atoms with van der Waals surface area (Å²) in [5.74, 6) is 1.00. The molecule has 0 spiro atoms. The molecule has 1 aliphatic heterocycles. The molecular formula is C15H22N4O. The van der Waals surface area contributed by atoms with Crippen molar-refractivity contribution in [3.63, 3.8) is 0 Å². The predicted molar refractivity (Wildman–Crippen MR) is 80.5 cm³/mol. The van der Waals surface area contributed by atoms with Crippen LogP contribution in [0.4, 0.5) is 5.69 Å². The summed E-state index contributed by atoms with van der Waals surface area (Å²) in [7, 11) is 0. The maximum absolute atomic E-state index is 9.94. The highest BCUT2D eigenvalue weighted by molar-refractivity contribution is 5.78. The first kappa shape index (κ1) is 13.4. The molecule has 4 N–H and O–H groups in total. The number of nitrogens with two attached hydrogens (primary N) is 1. The number of rotatable bonds is 3. The van der Waals surface area contributed by atoms with Gasteiger partial charge in [0.25, 0.3) is 0 Å². The summed E-state index contributed by atoms with van der Waals surface area (Å²) in [6.45, 7) is 4.82. The van der Waals surface area contributed by atoms with Gasteiger partial charge in [0.1, 0.15) is 5.82 Å². The molecule has 0 amide bonds. The summed E-state index contributed by atoms with van der Waals surface area (Å²) < 4.78 is 0. The van der Waals surface area contributed by atoms with Crippen LogP contribution in [-0.2, 0) is 6.42 Å². The molecule has 1 saturated heterocycles. The van der Waals surface area contributed by atoms with E-state index in [0.29, 0.717) is 0 Å². The fraction of sp³-hybridized carbons (Fsp3) is 0.533. The van der Waals surface area contributed by atoms with E-state index in [1.807, 2.05) is 25.1 Å². The molecule has 0 saturated carbocycles. The van der Waals surface area contributed by atoms with Crippen LogP contribution in [0.5, 0.6) is 0 Å². The Labute approximate surface area is 118 Å². The highest BCUT2D eigenvalue weighted by Gasteiger charge is 2.26. The van der Waals surface area contributed by atoms with Crippen molar-refractivity contribution < 1.29 is 5.11 Å². The van der Waals surface area contributed by atoms with Crippen molar-refractivity contribution in [2.75, 3.05) is 25.4 Å². The van der Waals surface area contributed by atoms with Gasteiger partial charge in [-0.2, -0.15) is 0 Å². The van der Waals surface area contributed by atoms with Crippen molar-refractivity contribution in [2.24, 2.45) is 0 Å². The molecule has 1 aromatic carbocycles. The number of benzene rings is 1. The van der Waals surface area contributed by atoms with E-state index in [2.05, 4.69) is 14.9 Å². The highest BCUT2D eigenvalue weighted by Crippen LogP contribution is 2.21. The number of aliphatic hydroxyl groups is 1. The Morgan fingerprint density at radius 3 is 2.90 bits per heavy atom. The number of nitrogens with zero attached hydrogens (tertiary/aromatic N) is 2. The van der Waals surface area contributed by atoms with Gasteiger partial charge in [0.15, 0.2) is 0 Å². The van der Waals surface area contributed by atoms with E-state index < -0.39 is 5.60 Å². The van der Waals surface area contributed by atoms with Gasteiger partial charge >= 0.3 is 0 Å². The molecule has 0 aliphatic carbocycles. The monoisotopic (exact) mass is 274 g/mol. The molecule has 0 bridgehead atoms. The molecule has 1 fully saturated rings. The number of imidazole rings is 1. The topological polar surface area (TPSA) is 78.2 Å². The second-order valence-corrected chi connectivity index (χ2v) is 6.05. The molecule has 5 heteroatoms. The average molecular weight is 274 g/mol. The van der Waals surface area contributed by atoms with E-state index >= 15 is 0 Å². The van der Waals surface area contributed by atoms with Gasteiger partial charge < -0.3 is 20.7 Å². The van der Waals surface area contributed by atoms with E-state index in [0.717, 1.165) is 61.4 Å². The Hall–Kier alpha value is -1.59. The molecule has 1 aliphatic rings. The minimum atomic E-state index is -0.479. The zero-order chi connectivity index (χ0) is 14.2. The molecule has 0 unspecified atom stereocenters. The maximum Gasteiger partial charge on any atom is 0.108 e. The fourth-order valence-corrected chi connectivity index (χ4v) is 2.72. The number of H-pyrrole nitrogens is 1. The van der Waals surface area contributed by atoms with Crippen molar-refractivity contribution in [2.45, 2.75) is 31.8 Å². The fourth-order valence-electron chi connectivity index (χ4n) is 2.72. The van der Waals surface area contributed by atoms with Gasteiger partial charge in [0.2, 0.25) is 0 Å². The standard InChI is InChI=1S/C15H22N4O/c1-15(20)5-8-19(9-6-15)7-4-14-17-12-3-2-11(16)10-13(12)18-14/h2-3,10,20H,4-9,16H2,1H3,(H,17,18). The van der Waals surface area contributed by atoms with Gasteiger partial charge in [-0.15, -0.1) is 0 Å². The van der Waals surface area contributed by atoms with Crippen LogP contribution in [0.3, 0.4) is 0 Å². The van der Waals surface area contributed by atoms with Gasteiger partial charge in [-0.25, -0.2) is 4.98 Å². The third kappa shape index (κ3) is 2.94. The second kappa shape index (κ2) is 5.07. The average Bonchev–Trinajstić information content (AvgIpc) is 2.79. The Kier molecular flexibility index (Phi) is 3.40. The molecule has 0 atom stereocenters. The molecule has 3 rings (SSSR count). The summed E-state index contributed by atoms with van der Waals surface area (Å²) in [5, 5.41) is 9.94. The smallest absolute Gasteiger partial charge is 0.108 e. The number of anilines is 1. The van der Waals surface area contributed by atoms with E-state index in [9.17, 15) is 5.11 Å². The predicted octanol–water partition coefficient (Wildman–Crippen LogP) is 1.53. The van der Waals surface area contributed by atoms with E-state index in [1.165, 1.54) is 0 Å². The SMILES string of the molecule is CC1(O)CCN(CCc2nc3ccc(N)cc3[nH]2)CC1. The molecular weight excluding hydrogens is 252 g/mol. The Morgan fingerprint density at radius 1 is 1.40 bits per heavy atom. The second-order valence-electron chi connectivity index (χ2n) is 6.05. The number of hydrogen-bond acceptors (Lipinski definition) is 4. The van der Waals surface area contributed by atoms with Crippen molar-refractivity contribution in [3.05, 3.63) is 24.0 Å². The van der Waals surface area contributed by atoms with Crippen LogP contribution >= 0.6 is 0 Å². The number of nitrogen functional groups attached to an aromatic ring is 1. The van der Waals surface area contributed by atoms with Crippen molar-refractivity contribution in [1.29, 1.82) is 0 Å². The molecule has 1 aromatic heterocycles. The quantitative estimate of drug-likeness (QED) is 0.742. The summed E-state index contributed by atoms with van der Waals surface area (Å²) in [6, 6.07) is 5.74. The van der Waals surface area contributed by atoms with Crippen LogP contribution < -0.4 is 5.73 Å². The van der Waals surface area contributed by atoms with Crippen molar-refractivity contribution >= 4 is 16.7 Å². The van der Waals surface area contributed by atoms with E-state index in [4.69, 9.17) is 5.73 Å². The molecule has 2 aromatic rings. The van der Waals surface area contributed by atoms with Gasteiger partial charge in [-0.3, -0.25) is 0 Å². The first-order valence-electron chi connectivity index (χ1n) is 7.21. The van der Waals surface area contributed by atoms with Crippen LogP contribution in [0.1, 0.15) is 25.6 Å². The lowest BCUT2D eigenvalue weighted by molar-refractivity contribution is -0.00499. The summed E-state index contributed by atoms with van der Waals surface area (Å²) in [6.07, 6.45) is 2.60. The van der Waals surface area contributed by atoms with Crippen molar-refractivity contribution in [3.8, 4) is 0 Å². The van der Waals surface area contributed by atoms with Gasteiger partial charge in [-0.1, -0.05) is 0 Å². The zero-order valence-corrected chi connectivity index (χ0v) is 11.9. The third-order valence-corrected chi connectivity index (χ3v) is 4.15. The lowest BCUT2D eigenvalue weighted by Gasteiger charge is -2.35. The van der Waals surface area contributed by atoms with Crippen LogP contribution in [0.15, 0.2) is 18.2 Å². The summed E-state index contributed by atoms with van der Waals surface area (Å²) in [5.41, 5.74) is 8.02. The molecule has 0 radical (unpaired) electrons. The van der Waals surface area contributed by atoms with Crippen molar-refractivity contribution in [1.82, 2.24) is 14.9 Å². The Bertz CT molecular complexity index is 595. The highest BCUT2D eigenvalue weighted by atomic mass is 16.3. The van der Waals surface area contributed by atoms with E-state index in [1.54, 1.807) is 0 Å². The molecule has 20 heavy (non-hydrogen) atoms. The maximum atomic E-state index is 9.94. The molecule has 5 nitrogen and oxygen atoms in total. The molecule has 108 valence electrons. The minimum Gasteiger partial charge on any atom is -0.399 e. The number of nitrogens with one attached hydrogen (secondary N) is 1.